The summed E-state index contributed by atoms with van der Waals surface area (Å²) < 4.78 is 47.9. The molecule has 0 saturated carbocycles. The van der Waals surface area contributed by atoms with Crippen LogP contribution in [0.2, 0.25) is 0 Å². The normalized spacial score (nSPS) is 9.16. The fourth-order valence-electron chi connectivity index (χ4n) is 1.66. The van der Waals surface area contributed by atoms with Crippen molar-refractivity contribution in [3.05, 3.63) is 82.6 Å². The number of hydrogen-bond donors (Lipinski definition) is 7. The second-order valence-electron chi connectivity index (χ2n) is 9.24. The van der Waals surface area contributed by atoms with Gasteiger partial charge in [0.25, 0.3) is 5.69 Å². The minimum Gasteiger partial charge on any atom is -0.450 e. The molecule has 0 unspecified atom stereocenters. The summed E-state index contributed by atoms with van der Waals surface area (Å²) in [5.41, 5.74) is 14.8. The van der Waals surface area contributed by atoms with Crippen LogP contribution in [-0.4, -0.2) is 47.6 Å². The summed E-state index contributed by atoms with van der Waals surface area (Å²) in [6.07, 6.45) is -4.93. The zero-order chi connectivity index (χ0) is 36.3. The lowest BCUT2D eigenvalue weighted by molar-refractivity contribution is -0.383. The first-order valence-electron chi connectivity index (χ1n) is 12.4. The molecule has 0 atom stereocenters. The van der Waals surface area contributed by atoms with Crippen LogP contribution in [0.4, 0.5) is 50.0 Å². The SMILES string of the molecule is CC(C)C.CC(C)C.Nc1cc(F)ccc1[N+](=O)[O-].Nc1ccc(C(F)(F)F)cc1.Nc1ccncn1.O=C(O)O.O=C(O)O. The van der Waals surface area contributed by atoms with Gasteiger partial charge in [-0.05, 0) is 48.2 Å². The Labute approximate surface area is 257 Å². The Kier molecular flexibility index (Phi) is 27.1. The second-order valence-corrected chi connectivity index (χ2v) is 9.24. The summed E-state index contributed by atoms with van der Waals surface area (Å²) in [7, 11) is 0. The average Bonchev–Trinajstić information content (AvgIpc) is 2.83. The van der Waals surface area contributed by atoms with E-state index in [4.69, 9.17) is 47.2 Å². The molecule has 0 spiro atoms. The molecule has 0 amide bonds. The number of nitrogen functional groups attached to an aromatic ring is 3. The first-order valence-corrected chi connectivity index (χ1v) is 12.4. The number of anilines is 3. The van der Waals surface area contributed by atoms with Gasteiger partial charge < -0.3 is 37.6 Å². The molecule has 45 heavy (non-hydrogen) atoms. The van der Waals surface area contributed by atoms with Gasteiger partial charge in [-0.1, -0.05) is 41.5 Å². The molecule has 10 N–H and O–H groups in total. The van der Waals surface area contributed by atoms with Crippen molar-refractivity contribution in [2.45, 2.75) is 47.7 Å². The zero-order valence-electron chi connectivity index (χ0n) is 25.4. The highest BCUT2D eigenvalue weighted by Crippen LogP contribution is 2.29. The van der Waals surface area contributed by atoms with Gasteiger partial charge in [0.1, 0.15) is 23.6 Å². The number of nitrogens with zero attached hydrogens (tertiary/aromatic N) is 3. The number of nitrogens with two attached hydrogens (primary N) is 3. The highest BCUT2D eigenvalue weighted by Gasteiger charge is 2.29. The molecule has 0 bridgehead atoms. The highest BCUT2D eigenvalue weighted by molar-refractivity contribution is 5.57. The summed E-state index contributed by atoms with van der Waals surface area (Å²) >= 11 is 0. The molecule has 0 saturated heterocycles. The van der Waals surface area contributed by atoms with Crippen LogP contribution in [0.1, 0.15) is 47.1 Å². The maximum atomic E-state index is 12.3. The van der Waals surface area contributed by atoms with Crippen molar-refractivity contribution < 1.29 is 52.5 Å². The maximum Gasteiger partial charge on any atom is 0.503 e. The number of nitro groups is 1. The van der Waals surface area contributed by atoms with E-state index in [0.29, 0.717) is 11.5 Å². The quantitative estimate of drug-likeness (QED) is 0.0584. The summed E-state index contributed by atoms with van der Waals surface area (Å²) in [5, 5.41) is 38.0. The van der Waals surface area contributed by atoms with Gasteiger partial charge in [0.15, 0.2) is 0 Å². The van der Waals surface area contributed by atoms with E-state index in [0.717, 1.165) is 42.2 Å². The molecule has 3 rings (SSSR count). The van der Waals surface area contributed by atoms with Crippen molar-refractivity contribution in [3.8, 4) is 0 Å². The van der Waals surface area contributed by atoms with Crippen LogP contribution in [0.15, 0.2) is 61.1 Å². The van der Waals surface area contributed by atoms with Crippen molar-refractivity contribution in [2.24, 2.45) is 11.8 Å². The van der Waals surface area contributed by atoms with E-state index < -0.39 is 34.8 Å². The number of carbonyl (C=O) groups is 2. The van der Waals surface area contributed by atoms with Crippen LogP contribution in [0.5, 0.6) is 0 Å². The Bertz CT molecular complexity index is 1190. The lowest BCUT2D eigenvalue weighted by atomic mass is 10.2. The zero-order valence-corrected chi connectivity index (χ0v) is 25.4. The lowest BCUT2D eigenvalue weighted by Gasteiger charge is -2.05. The monoisotopic (exact) mass is 652 g/mol. The first-order chi connectivity index (χ1) is 20.4. The van der Waals surface area contributed by atoms with Crippen molar-refractivity contribution in [2.75, 3.05) is 17.2 Å². The molecule has 1 heterocycles. The van der Waals surface area contributed by atoms with E-state index in [1.165, 1.54) is 18.5 Å². The van der Waals surface area contributed by atoms with Gasteiger partial charge in [-0.3, -0.25) is 10.1 Å². The third kappa shape index (κ3) is 40.8. The number of alkyl halides is 3. The second kappa shape index (κ2) is 26.2. The first kappa shape index (κ1) is 46.5. The molecule has 0 aliphatic rings. The molecule has 0 radical (unpaired) electrons. The molecule has 254 valence electrons. The molecule has 1 aromatic heterocycles. The fraction of sp³-hybridized carbons (Fsp3) is 0.333. The molecule has 3 aromatic rings. The van der Waals surface area contributed by atoms with Crippen LogP contribution < -0.4 is 17.2 Å². The molecule has 18 heteroatoms. The largest absolute Gasteiger partial charge is 0.503 e. The van der Waals surface area contributed by atoms with Gasteiger partial charge in [0.2, 0.25) is 0 Å². The minimum atomic E-state index is -4.27. The van der Waals surface area contributed by atoms with E-state index >= 15 is 0 Å². The van der Waals surface area contributed by atoms with Crippen LogP contribution in [-0.2, 0) is 6.18 Å². The summed E-state index contributed by atoms with van der Waals surface area (Å²) in [6.45, 7) is 13.0. The van der Waals surface area contributed by atoms with Gasteiger partial charge in [-0.25, -0.2) is 23.9 Å². The third-order valence-electron chi connectivity index (χ3n) is 3.03. The van der Waals surface area contributed by atoms with Crippen LogP contribution in [0.25, 0.3) is 0 Å². The average molecular weight is 653 g/mol. The van der Waals surface area contributed by atoms with E-state index in [9.17, 15) is 27.7 Å². The number of carboxylic acid groups (broad SMARTS) is 4. The van der Waals surface area contributed by atoms with Crippen molar-refractivity contribution in [3.63, 3.8) is 0 Å². The van der Waals surface area contributed by atoms with Gasteiger partial charge in [-0.2, -0.15) is 13.2 Å². The van der Waals surface area contributed by atoms with Gasteiger partial charge in [0.05, 0.1) is 10.5 Å². The molecule has 14 nitrogen and oxygen atoms in total. The number of aromatic nitrogens is 2. The molecule has 0 aliphatic heterocycles. The van der Waals surface area contributed by atoms with Crippen LogP contribution in [0.3, 0.4) is 0 Å². The lowest BCUT2D eigenvalue weighted by Crippen LogP contribution is -2.04. The number of nitro benzene ring substituents is 1. The molecular formula is C27H40F4N6O8. The van der Waals surface area contributed by atoms with Gasteiger partial charge in [0, 0.05) is 24.0 Å². The molecular weight excluding hydrogens is 612 g/mol. The Hall–Kier alpha value is -5.42. The van der Waals surface area contributed by atoms with Crippen LogP contribution >= 0.6 is 0 Å². The van der Waals surface area contributed by atoms with Crippen LogP contribution in [0, 0.1) is 27.8 Å². The maximum absolute atomic E-state index is 12.3. The molecule has 0 fully saturated rings. The van der Waals surface area contributed by atoms with Gasteiger partial charge in [-0.15, -0.1) is 0 Å². The topological polar surface area (TPSA) is 262 Å². The number of hydrogen-bond acceptors (Lipinski definition) is 9. The predicted molar refractivity (Wildman–Crippen MR) is 162 cm³/mol. The van der Waals surface area contributed by atoms with E-state index in [2.05, 4.69) is 51.5 Å². The van der Waals surface area contributed by atoms with Crippen molar-refractivity contribution in [1.29, 1.82) is 0 Å². The standard InChI is InChI=1S/C7H6F3N.C6H5FN2O2.C4H5N3.2C4H10.2CH2O3/c8-7(9,10)5-1-3-6(11)4-2-5;7-4-1-2-6(9(10)11)5(8)3-4;5-4-1-2-6-3-7-4;2*1-4(2)3;2*2-1(3)4/h1-4H,11H2;1-3H,8H2;1-3H,(H2,5,6,7);2*4H,1-3H3;2*(H2,2,3,4). The predicted octanol–water partition coefficient (Wildman–Crippen LogP) is 7.43. The highest BCUT2D eigenvalue weighted by atomic mass is 19.4. The van der Waals surface area contributed by atoms with E-state index in [-0.39, 0.29) is 11.4 Å². The Balaban J connectivity index is -0.000000230. The van der Waals surface area contributed by atoms with E-state index in [1.54, 1.807) is 12.3 Å². The smallest absolute Gasteiger partial charge is 0.450 e. The molecule has 0 aliphatic carbocycles. The Morgan fingerprint density at radius 1 is 0.822 bits per heavy atom. The van der Waals surface area contributed by atoms with Gasteiger partial charge >= 0.3 is 18.5 Å². The Morgan fingerprint density at radius 3 is 1.47 bits per heavy atom. The third-order valence-corrected chi connectivity index (χ3v) is 3.03. The number of halogens is 4. The summed E-state index contributed by atoms with van der Waals surface area (Å²) in [4.78, 5) is 33.9. The molecule has 2 aromatic carbocycles. The number of benzene rings is 2. The summed E-state index contributed by atoms with van der Waals surface area (Å²) in [5.74, 6) is 1.60. The minimum absolute atomic E-state index is 0.157. The summed E-state index contributed by atoms with van der Waals surface area (Å²) in [6, 6.07) is 8.94. The number of rotatable bonds is 1. The Morgan fingerprint density at radius 2 is 1.22 bits per heavy atom. The fourth-order valence-corrected chi connectivity index (χ4v) is 1.66. The van der Waals surface area contributed by atoms with E-state index in [1.807, 2.05) is 0 Å². The van der Waals surface area contributed by atoms with Crippen molar-refractivity contribution in [1.82, 2.24) is 9.97 Å². The van der Waals surface area contributed by atoms with Crippen molar-refractivity contribution >= 4 is 35.2 Å².